The zero-order valence-corrected chi connectivity index (χ0v) is 7.76. The van der Waals surface area contributed by atoms with Crippen LogP contribution in [0, 0.1) is 22.9 Å². The normalized spacial score (nSPS) is 9.92. The van der Waals surface area contributed by atoms with Gasteiger partial charge in [0, 0.05) is 16.1 Å². The molecule has 0 aliphatic rings. The molecule has 0 bridgehead atoms. The van der Waals surface area contributed by atoms with E-state index in [1.165, 1.54) is 13.0 Å². The van der Waals surface area contributed by atoms with E-state index in [4.69, 9.17) is 0 Å². The fraction of sp³-hybridized carbons (Fsp3) is 0.143. The maximum absolute atomic E-state index is 13.0. The molecule has 1 rings (SSSR count). The summed E-state index contributed by atoms with van der Waals surface area (Å²) in [7, 11) is 0. The Morgan fingerprint density at radius 1 is 1.58 bits per heavy atom. The Labute approximate surface area is 76.5 Å². The second-order valence-electron chi connectivity index (χ2n) is 2.26. The highest BCUT2D eigenvalue weighted by Crippen LogP contribution is 2.26. The highest BCUT2D eigenvalue weighted by atomic mass is 79.9. The molecule has 0 fully saturated rings. The summed E-state index contributed by atoms with van der Waals surface area (Å²) in [6, 6.07) is 2.59. The summed E-state index contributed by atoms with van der Waals surface area (Å²) < 4.78 is 13.6. The highest BCUT2D eigenvalue weighted by molar-refractivity contribution is 9.10. The number of nitro groups is 1. The molecule has 0 atom stereocenters. The van der Waals surface area contributed by atoms with Crippen molar-refractivity contribution in [3.05, 3.63) is 38.1 Å². The molecule has 0 amide bonds. The van der Waals surface area contributed by atoms with Crippen molar-refractivity contribution >= 4 is 21.6 Å². The van der Waals surface area contributed by atoms with Crippen LogP contribution in [0.4, 0.5) is 10.1 Å². The third kappa shape index (κ3) is 1.45. The van der Waals surface area contributed by atoms with Gasteiger partial charge < -0.3 is 0 Å². The number of nitrogens with zero attached hydrogens (tertiary/aromatic N) is 1. The Morgan fingerprint density at radius 3 is 2.67 bits per heavy atom. The van der Waals surface area contributed by atoms with Gasteiger partial charge in [-0.25, -0.2) is 0 Å². The van der Waals surface area contributed by atoms with Gasteiger partial charge in [-0.15, -0.1) is 0 Å². The van der Waals surface area contributed by atoms with Crippen molar-refractivity contribution in [1.29, 1.82) is 0 Å². The van der Waals surface area contributed by atoms with Gasteiger partial charge in [-0.05, 0) is 13.0 Å². The smallest absolute Gasteiger partial charge is 0.258 e. The van der Waals surface area contributed by atoms with Crippen molar-refractivity contribution in [2.75, 3.05) is 0 Å². The van der Waals surface area contributed by atoms with Crippen LogP contribution in [-0.2, 0) is 0 Å². The predicted molar refractivity (Wildman–Crippen MR) is 45.5 cm³/mol. The number of hydrogen-bond donors (Lipinski definition) is 0. The van der Waals surface area contributed by atoms with Crippen molar-refractivity contribution in [3.8, 4) is 0 Å². The molecule has 64 valence electrons. The molecule has 0 unspecified atom stereocenters. The van der Waals surface area contributed by atoms with Gasteiger partial charge in [-0.1, -0.05) is 15.9 Å². The maximum Gasteiger partial charge on any atom is 0.305 e. The summed E-state index contributed by atoms with van der Waals surface area (Å²) in [4.78, 5) is 9.49. The number of rotatable bonds is 1. The first-order valence-electron chi connectivity index (χ1n) is 3.13. The van der Waals surface area contributed by atoms with Crippen LogP contribution in [0.5, 0.6) is 0 Å². The quantitative estimate of drug-likeness (QED) is 0.553. The zero-order valence-electron chi connectivity index (χ0n) is 6.17. The SMILES string of the molecule is Cc1c(Br)ccc([N+](=O)[O-])c1F. The minimum atomic E-state index is -0.783. The van der Waals surface area contributed by atoms with E-state index in [2.05, 4.69) is 15.9 Å². The van der Waals surface area contributed by atoms with Gasteiger partial charge in [-0.3, -0.25) is 10.1 Å². The lowest BCUT2D eigenvalue weighted by molar-refractivity contribution is -0.387. The van der Waals surface area contributed by atoms with Gasteiger partial charge in [-0.2, -0.15) is 4.39 Å². The minimum Gasteiger partial charge on any atom is -0.258 e. The van der Waals surface area contributed by atoms with Crippen LogP contribution >= 0.6 is 15.9 Å². The molecule has 0 saturated heterocycles. The largest absolute Gasteiger partial charge is 0.305 e. The molecule has 1 aromatic carbocycles. The second-order valence-corrected chi connectivity index (χ2v) is 3.12. The van der Waals surface area contributed by atoms with E-state index in [1.807, 2.05) is 0 Å². The van der Waals surface area contributed by atoms with E-state index in [-0.39, 0.29) is 5.56 Å². The molecule has 1 aromatic rings. The molecule has 0 heterocycles. The van der Waals surface area contributed by atoms with Crippen molar-refractivity contribution in [2.24, 2.45) is 0 Å². The molecule has 0 radical (unpaired) electrons. The summed E-state index contributed by atoms with van der Waals surface area (Å²) in [5.41, 5.74) is -0.236. The van der Waals surface area contributed by atoms with Gasteiger partial charge in [0.1, 0.15) is 0 Å². The molecule has 0 aliphatic heterocycles. The molecule has 0 aromatic heterocycles. The van der Waals surface area contributed by atoms with Crippen LogP contribution < -0.4 is 0 Å². The van der Waals surface area contributed by atoms with E-state index in [9.17, 15) is 14.5 Å². The summed E-state index contributed by atoms with van der Waals surface area (Å²) >= 11 is 3.07. The molecular formula is C7H5BrFNO2. The van der Waals surface area contributed by atoms with Crippen molar-refractivity contribution in [2.45, 2.75) is 6.92 Å². The summed E-state index contributed by atoms with van der Waals surface area (Å²) in [6.45, 7) is 1.48. The van der Waals surface area contributed by atoms with Crippen LogP contribution in [0.15, 0.2) is 16.6 Å². The Kier molecular flexibility index (Phi) is 2.42. The van der Waals surface area contributed by atoms with E-state index in [0.717, 1.165) is 6.07 Å². The maximum atomic E-state index is 13.0. The molecule has 3 nitrogen and oxygen atoms in total. The lowest BCUT2D eigenvalue weighted by Crippen LogP contribution is -1.94. The molecule has 0 saturated carbocycles. The van der Waals surface area contributed by atoms with Crippen molar-refractivity contribution in [3.63, 3.8) is 0 Å². The second kappa shape index (κ2) is 3.18. The van der Waals surface area contributed by atoms with Crippen LogP contribution in [0.25, 0.3) is 0 Å². The Bertz CT molecular complexity index is 340. The molecular weight excluding hydrogens is 229 g/mol. The van der Waals surface area contributed by atoms with Crippen molar-refractivity contribution < 1.29 is 9.31 Å². The summed E-state index contributed by atoms with van der Waals surface area (Å²) in [6.07, 6.45) is 0. The monoisotopic (exact) mass is 233 g/mol. The zero-order chi connectivity index (χ0) is 9.30. The molecule has 0 N–H and O–H groups in total. The number of hydrogen-bond acceptors (Lipinski definition) is 2. The van der Waals surface area contributed by atoms with Crippen LogP contribution in [-0.4, -0.2) is 4.92 Å². The molecule has 0 aliphatic carbocycles. The van der Waals surface area contributed by atoms with Gasteiger partial charge in [0.25, 0.3) is 0 Å². The first-order chi connectivity index (χ1) is 5.54. The average Bonchev–Trinajstić information content (AvgIpc) is 2.00. The third-order valence-corrected chi connectivity index (χ3v) is 2.36. The first-order valence-corrected chi connectivity index (χ1v) is 3.92. The van der Waals surface area contributed by atoms with Crippen molar-refractivity contribution in [1.82, 2.24) is 0 Å². The van der Waals surface area contributed by atoms with E-state index >= 15 is 0 Å². The standard InChI is InChI=1S/C7H5BrFNO2/c1-4-5(8)2-3-6(7(4)9)10(11)12/h2-3H,1H3. The third-order valence-electron chi connectivity index (χ3n) is 1.50. The van der Waals surface area contributed by atoms with E-state index in [1.54, 1.807) is 0 Å². The Hall–Kier alpha value is -0.970. The van der Waals surface area contributed by atoms with Crippen LogP contribution in [0.3, 0.4) is 0 Å². The topological polar surface area (TPSA) is 43.1 Å². The predicted octanol–water partition coefficient (Wildman–Crippen LogP) is 2.80. The van der Waals surface area contributed by atoms with Gasteiger partial charge >= 0.3 is 5.69 Å². The fourth-order valence-corrected chi connectivity index (χ4v) is 1.09. The fourth-order valence-electron chi connectivity index (χ4n) is 0.788. The van der Waals surface area contributed by atoms with Crippen LogP contribution in [0.1, 0.15) is 5.56 Å². The highest BCUT2D eigenvalue weighted by Gasteiger charge is 2.16. The minimum absolute atomic E-state index is 0.254. The lowest BCUT2D eigenvalue weighted by Gasteiger charge is -1.99. The number of nitro benzene ring substituents is 1. The molecule has 12 heavy (non-hydrogen) atoms. The van der Waals surface area contributed by atoms with Gasteiger partial charge in [0.2, 0.25) is 5.82 Å². The van der Waals surface area contributed by atoms with E-state index < -0.39 is 16.4 Å². The number of halogens is 2. The lowest BCUT2D eigenvalue weighted by atomic mass is 10.2. The first kappa shape index (κ1) is 9.12. The molecule has 5 heteroatoms. The van der Waals surface area contributed by atoms with Crippen LogP contribution in [0.2, 0.25) is 0 Å². The van der Waals surface area contributed by atoms with E-state index in [0.29, 0.717) is 4.47 Å². The van der Waals surface area contributed by atoms with Gasteiger partial charge in [0.15, 0.2) is 0 Å². The Morgan fingerprint density at radius 2 is 2.17 bits per heavy atom. The summed E-state index contributed by atoms with van der Waals surface area (Å²) in [5, 5.41) is 10.2. The molecule has 0 spiro atoms. The summed E-state index contributed by atoms with van der Waals surface area (Å²) in [5.74, 6) is -0.783. The number of benzene rings is 1. The Balaban J connectivity index is 3.36. The van der Waals surface area contributed by atoms with Gasteiger partial charge in [0.05, 0.1) is 4.92 Å². The average molecular weight is 234 g/mol.